The van der Waals surface area contributed by atoms with Gasteiger partial charge in [0.15, 0.2) is 0 Å². The van der Waals surface area contributed by atoms with Gasteiger partial charge in [-0.1, -0.05) is 0 Å². The number of nitrogen functional groups attached to an aromatic ring is 1. The minimum absolute atomic E-state index is 0.0221. The summed E-state index contributed by atoms with van der Waals surface area (Å²) in [5, 5.41) is -0.0221. The molecule has 1 aromatic carbocycles. The Kier molecular flexibility index (Phi) is 4.17. The molecule has 0 spiro atoms. The summed E-state index contributed by atoms with van der Waals surface area (Å²) in [6, 6.07) is 5.94. The Balaban J connectivity index is 1.99. The monoisotopic (exact) mass is 264 g/mol. The van der Waals surface area contributed by atoms with Crippen molar-refractivity contribution in [3.05, 3.63) is 23.8 Å². The van der Waals surface area contributed by atoms with Crippen LogP contribution in [0.3, 0.4) is 0 Å². The van der Waals surface area contributed by atoms with E-state index in [2.05, 4.69) is 0 Å². The highest BCUT2D eigenvalue weighted by atomic mass is 32.2. The number of nitrogens with zero attached hydrogens (tertiary/aromatic N) is 1. The van der Waals surface area contributed by atoms with Gasteiger partial charge in [0.25, 0.3) is 0 Å². The number of nitrogens with two attached hydrogens (primary N) is 1. The molecule has 1 saturated heterocycles. The van der Waals surface area contributed by atoms with Crippen LogP contribution in [0, 0.1) is 6.92 Å². The average Bonchev–Trinajstić information content (AvgIpc) is 2.86. The fourth-order valence-electron chi connectivity index (χ4n) is 2.17. The lowest BCUT2D eigenvalue weighted by Gasteiger charge is -2.20. The van der Waals surface area contributed by atoms with Gasteiger partial charge in [0, 0.05) is 23.7 Å². The lowest BCUT2D eigenvalue weighted by atomic mass is 10.2. The lowest BCUT2D eigenvalue weighted by molar-refractivity contribution is -0.129. The van der Waals surface area contributed by atoms with Gasteiger partial charge in [-0.3, -0.25) is 4.79 Å². The third-order valence-electron chi connectivity index (χ3n) is 3.32. The van der Waals surface area contributed by atoms with E-state index in [0.717, 1.165) is 42.1 Å². The van der Waals surface area contributed by atoms with Gasteiger partial charge in [-0.05, 0) is 50.5 Å². The van der Waals surface area contributed by atoms with E-state index >= 15 is 0 Å². The zero-order chi connectivity index (χ0) is 13.1. The standard InChI is InChI=1S/C14H20N2OS/c1-10-9-12(5-6-13(10)15)18-11(2)14(17)16-7-3-4-8-16/h5-6,9,11H,3-4,7-8,15H2,1-2H3. The van der Waals surface area contributed by atoms with E-state index in [1.807, 2.05) is 36.9 Å². The van der Waals surface area contributed by atoms with Gasteiger partial charge in [0.05, 0.1) is 5.25 Å². The molecule has 0 aromatic heterocycles. The van der Waals surface area contributed by atoms with Crippen molar-refractivity contribution in [3.8, 4) is 0 Å². The summed E-state index contributed by atoms with van der Waals surface area (Å²) in [6.07, 6.45) is 2.29. The minimum Gasteiger partial charge on any atom is -0.399 e. The molecule has 4 heteroatoms. The second kappa shape index (κ2) is 5.65. The molecule has 1 aromatic rings. The van der Waals surface area contributed by atoms with Gasteiger partial charge in [-0.2, -0.15) is 0 Å². The van der Waals surface area contributed by atoms with E-state index in [1.54, 1.807) is 11.8 Å². The number of amides is 1. The van der Waals surface area contributed by atoms with Crippen molar-refractivity contribution in [1.82, 2.24) is 4.90 Å². The van der Waals surface area contributed by atoms with Gasteiger partial charge in [0.1, 0.15) is 0 Å². The molecule has 18 heavy (non-hydrogen) atoms. The largest absolute Gasteiger partial charge is 0.399 e. The maximum Gasteiger partial charge on any atom is 0.235 e. The molecule has 0 saturated carbocycles. The smallest absolute Gasteiger partial charge is 0.235 e. The molecule has 0 bridgehead atoms. The number of rotatable bonds is 3. The number of likely N-dealkylation sites (tertiary alicyclic amines) is 1. The highest BCUT2D eigenvalue weighted by molar-refractivity contribution is 8.00. The Labute approximate surface area is 113 Å². The second-order valence-electron chi connectivity index (χ2n) is 4.81. The molecule has 1 aliphatic heterocycles. The summed E-state index contributed by atoms with van der Waals surface area (Å²) in [6.45, 7) is 5.82. The van der Waals surface area contributed by atoms with Crippen LogP contribution in [0.4, 0.5) is 5.69 Å². The number of anilines is 1. The molecule has 2 rings (SSSR count). The Hall–Kier alpha value is -1.16. The van der Waals surface area contributed by atoms with Crippen LogP contribution < -0.4 is 5.73 Å². The molecular weight excluding hydrogens is 244 g/mol. The predicted octanol–water partition coefficient (Wildman–Crippen LogP) is 2.68. The molecule has 1 amide bonds. The highest BCUT2D eigenvalue weighted by Gasteiger charge is 2.23. The SMILES string of the molecule is Cc1cc(SC(C)C(=O)N2CCCC2)ccc1N. The minimum atomic E-state index is -0.0221. The van der Waals surface area contributed by atoms with Gasteiger partial charge >= 0.3 is 0 Å². The van der Waals surface area contributed by atoms with Crippen LogP contribution in [-0.4, -0.2) is 29.1 Å². The first-order chi connectivity index (χ1) is 8.58. The molecule has 0 radical (unpaired) electrons. The van der Waals surface area contributed by atoms with E-state index in [9.17, 15) is 4.79 Å². The van der Waals surface area contributed by atoms with Gasteiger partial charge in [-0.25, -0.2) is 0 Å². The Morgan fingerprint density at radius 3 is 2.67 bits per heavy atom. The Morgan fingerprint density at radius 1 is 1.39 bits per heavy atom. The van der Waals surface area contributed by atoms with E-state index in [0.29, 0.717) is 0 Å². The van der Waals surface area contributed by atoms with Crippen molar-refractivity contribution < 1.29 is 4.79 Å². The number of carbonyl (C=O) groups excluding carboxylic acids is 1. The maximum absolute atomic E-state index is 12.2. The maximum atomic E-state index is 12.2. The van der Waals surface area contributed by atoms with E-state index in [4.69, 9.17) is 5.73 Å². The predicted molar refractivity (Wildman–Crippen MR) is 76.7 cm³/mol. The molecule has 3 nitrogen and oxygen atoms in total. The van der Waals surface area contributed by atoms with E-state index in [-0.39, 0.29) is 11.2 Å². The molecule has 98 valence electrons. The zero-order valence-corrected chi connectivity index (χ0v) is 11.8. The topological polar surface area (TPSA) is 46.3 Å². The summed E-state index contributed by atoms with van der Waals surface area (Å²) >= 11 is 1.61. The van der Waals surface area contributed by atoms with Crippen molar-refractivity contribution in [1.29, 1.82) is 0 Å². The fraction of sp³-hybridized carbons (Fsp3) is 0.500. The van der Waals surface area contributed by atoms with Crippen molar-refractivity contribution in [2.45, 2.75) is 36.8 Å². The van der Waals surface area contributed by atoms with Crippen molar-refractivity contribution >= 4 is 23.4 Å². The van der Waals surface area contributed by atoms with Gasteiger partial charge < -0.3 is 10.6 Å². The number of aryl methyl sites for hydroxylation is 1. The fourth-order valence-corrected chi connectivity index (χ4v) is 3.22. The molecule has 1 heterocycles. The number of hydrogen-bond acceptors (Lipinski definition) is 3. The van der Waals surface area contributed by atoms with Gasteiger partial charge in [0.2, 0.25) is 5.91 Å². The van der Waals surface area contributed by atoms with Crippen molar-refractivity contribution in [3.63, 3.8) is 0 Å². The Bertz CT molecular complexity index is 441. The van der Waals surface area contributed by atoms with Crippen LogP contribution in [0.2, 0.25) is 0 Å². The summed E-state index contributed by atoms with van der Waals surface area (Å²) in [7, 11) is 0. The molecule has 0 aliphatic carbocycles. The van der Waals surface area contributed by atoms with Gasteiger partial charge in [-0.15, -0.1) is 11.8 Å². The highest BCUT2D eigenvalue weighted by Crippen LogP contribution is 2.27. The average molecular weight is 264 g/mol. The van der Waals surface area contributed by atoms with Crippen LogP contribution in [0.25, 0.3) is 0 Å². The summed E-state index contributed by atoms with van der Waals surface area (Å²) in [4.78, 5) is 15.3. The Morgan fingerprint density at radius 2 is 2.06 bits per heavy atom. The summed E-state index contributed by atoms with van der Waals surface area (Å²) in [5.74, 6) is 0.256. The van der Waals surface area contributed by atoms with Crippen molar-refractivity contribution in [2.75, 3.05) is 18.8 Å². The van der Waals surface area contributed by atoms with Crippen LogP contribution in [-0.2, 0) is 4.79 Å². The lowest BCUT2D eigenvalue weighted by Crippen LogP contribution is -2.33. The number of benzene rings is 1. The summed E-state index contributed by atoms with van der Waals surface area (Å²) < 4.78 is 0. The third kappa shape index (κ3) is 2.99. The van der Waals surface area contributed by atoms with Crippen LogP contribution >= 0.6 is 11.8 Å². The first kappa shape index (κ1) is 13.3. The van der Waals surface area contributed by atoms with Crippen LogP contribution in [0.15, 0.2) is 23.1 Å². The normalized spacial score (nSPS) is 16.9. The third-order valence-corrected chi connectivity index (χ3v) is 4.40. The van der Waals surface area contributed by atoms with E-state index < -0.39 is 0 Å². The van der Waals surface area contributed by atoms with Crippen LogP contribution in [0.5, 0.6) is 0 Å². The molecular formula is C14H20N2OS. The first-order valence-corrected chi connectivity index (χ1v) is 7.27. The van der Waals surface area contributed by atoms with Crippen molar-refractivity contribution in [2.24, 2.45) is 0 Å². The molecule has 1 aliphatic rings. The second-order valence-corrected chi connectivity index (χ2v) is 6.23. The number of carbonyl (C=O) groups is 1. The number of hydrogen-bond donors (Lipinski definition) is 1. The molecule has 1 unspecified atom stereocenters. The quantitative estimate of drug-likeness (QED) is 0.674. The molecule has 1 fully saturated rings. The molecule has 1 atom stereocenters. The first-order valence-electron chi connectivity index (χ1n) is 6.39. The number of thioether (sulfide) groups is 1. The zero-order valence-electron chi connectivity index (χ0n) is 11.0. The molecule has 2 N–H and O–H groups in total. The summed E-state index contributed by atoms with van der Waals surface area (Å²) in [5.41, 5.74) is 7.67. The van der Waals surface area contributed by atoms with E-state index in [1.165, 1.54) is 0 Å². The van der Waals surface area contributed by atoms with Crippen LogP contribution in [0.1, 0.15) is 25.3 Å².